The maximum atomic E-state index is 5.64. The number of hydrogen-bond acceptors (Lipinski definition) is 4. The van der Waals surface area contributed by atoms with Gasteiger partial charge >= 0.3 is 0 Å². The topological polar surface area (TPSA) is 41.3 Å². The van der Waals surface area contributed by atoms with Gasteiger partial charge in [0.2, 0.25) is 5.89 Å². The molecule has 1 aromatic heterocycles. The first kappa shape index (κ1) is 12.6. The molecule has 1 fully saturated rings. The Bertz CT molecular complexity index is 340. The lowest BCUT2D eigenvalue weighted by molar-refractivity contribution is 0.172. The van der Waals surface area contributed by atoms with Gasteiger partial charge in [-0.2, -0.15) is 0 Å². The number of hydrogen-bond donors (Lipinski definition) is 1. The smallest absolute Gasteiger partial charge is 0.208 e. The Kier molecular flexibility index (Phi) is 4.18. The normalized spacial score (nSPS) is 21.9. The van der Waals surface area contributed by atoms with Crippen molar-refractivity contribution >= 4 is 0 Å². The number of aryl methyl sites for hydroxylation is 2. The minimum absolute atomic E-state index is 0.630. The molecule has 0 saturated carbocycles. The zero-order chi connectivity index (χ0) is 12.3. The van der Waals surface area contributed by atoms with Crippen LogP contribution in [-0.4, -0.2) is 35.6 Å². The molecule has 1 aliphatic rings. The minimum Gasteiger partial charge on any atom is -0.444 e. The first-order valence-electron chi connectivity index (χ1n) is 6.57. The Morgan fingerprint density at radius 2 is 2.29 bits per heavy atom. The van der Waals surface area contributed by atoms with Crippen molar-refractivity contribution in [2.75, 3.05) is 19.6 Å². The second kappa shape index (κ2) is 5.65. The number of oxazole rings is 1. The lowest BCUT2D eigenvalue weighted by Gasteiger charge is -2.32. The van der Waals surface area contributed by atoms with Gasteiger partial charge < -0.3 is 9.73 Å². The Hall–Kier alpha value is -0.870. The maximum Gasteiger partial charge on any atom is 0.208 e. The van der Waals surface area contributed by atoms with E-state index in [0.717, 1.165) is 43.5 Å². The monoisotopic (exact) mass is 237 g/mol. The minimum atomic E-state index is 0.630. The van der Waals surface area contributed by atoms with Crippen LogP contribution in [0.4, 0.5) is 0 Å². The Balaban J connectivity index is 1.90. The van der Waals surface area contributed by atoms with Gasteiger partial charge in [0.1, 0.15) is 5.76 Å². The summed E-state index contributed by atoms with van der Waals surface area (Å²) in [6.07, 6.45) is 2.49. The summed E-state index contributed by atoms with van der Waals surface area (Å²) < 4.78 is 5.64. The molecule has 1 saturated heterocycles. The lowest BCUT2D eigenvalue weighted by atomic mass is 10.1. The van der Waals surface area contributed by atoms with Gasteiger partial charge in [-0.25, -0.2) is 4.98 Å². The second-order valence-electron chi connectivity index (χ2n) is 4.92. The van der Waals surface area contributed by atoms with Crippen LogP contribution in [0.25, 0.3) is 0 Å². The third kappa shape index (κ3) is 3.30. The number of nitrogens with one attached hydrogen (secondary N) is 1. The summed E-state index contributed by atoms with van der Waals surface area (Å²) in [5, 5.41) is 3.56. The van der Waals surface area contributed by atoms with Crippen LogP contribution >= 0.6 is 0 Å². The highest BCUT2D eigenvalue weighted by atomic mass is 16.4. The summed E-state index contributed by atoms with van der Waals surface area (Å²) in [7, 11) is 0. The third-order valence-corrected chi connectivity index (χ3v) is 3.41. The quantitative estimate of drug-likeness (QED) is 0.868. The van der Waals surface area contributed by atoms with Crippen LogP contribution < -0.4 is 5.32 Å². The van der Waals surface area contributed by atoms with Gasteiger partial charge in [0, 0.05) is 25.7 Å². The van der Waals surface area contributed by atoms with Crippen LogP contribution in [0.15, 0.2) is 4.42 Å². The van der Waals surface area contributed by atoms with Crippen LogP contribution in [0.5, 0.6) is 0 Å². The van der Waals surface area contributed by atoms with Gasteiger partial charge in [-0.05, 0) is 20.3 Å². The number of aromatic nitrogens is 1. The molecule has 2 rings (SSSR count). The lowest BCUT2D eigenvalue weighted by Crippen LogP contribution is -2.50. The molecule has 0 radical (unpaired) electrons. The van der Waals surface area contributed by atoms with E-state index in [1.807, 2.05) is 13.8 Å². The summed E-state index contributed by atoms with van der Waals surface area (Å²) in [6.45, 7) is 10.3. The fourth-order valence-electron chi connectivity index (χ4n) is 2.38. The van der Waals surface area contributed by atoms with Gasteiger partial charge in [-0.1, -0.05) is 13.3 Å². The number of rotatable bonds is 4. The highest BCUT2D eigenvalue weighted by Gasteiger charge is 2.20. The van der Waals surface area contributed by atoms with Crippen molar-refractivity contribution in [1.82, 2.24) is 15.2 Å². The molecule has 17 heavy (non-hydrogen) atoms. The Labute approximate surface area is 103 Å². The van der Waals surface area contributed by atoms with E-state index in [1.165, 1.54) is 12.8 Å². The second-order valence-corrected chi connectivity index (χ2v) is 4.92. The largest absolute Gasteiger partial charge is 0.444 e. The van der Waals surface area contributed by atoms with Crippen molar-refractivity contribution in [1.29, 1.82) is 0 Å². The predicted octanol–water partition coefficient (Wildman–Crippen LogP) is 1.87. The van der Waals surface area contributed by atoms with Gasteiger partial charge in [-0.15, -0.1) is 0 Å². The molecule has 0 spiro atoms. The fraction of sp³-hybridized carbons (Fsp3) is 0.769. The van der Waals surface area contributed by atoms with Crippen molar-refractivity contribution in [2.45, 2.75) is 46.2 Å². The molecular weight excluding hydrogens is 214 g/mol. The van der Waals surface area contributed by atoms with Gasteiger partial charge in [0.05, 0.1) is 12.2 Å². The molecule has 2 heterocycles. The third-order valence-electron chi connectivity index (χ3n) is 3.41. The van der Waals surface area contributed by atoms with Crippen LogP contribution in [0.3, 0.4) is 0 Å². The van der Waals surface area contributed by atoms with E-state index in [-0.39, 0.29) is 0 Å². The van der Waals surface area contributed by atoms with Crippen molar-refractivity contribution in [3.8, 4) is 0 Å². The molecule has 1 aromatic rings. The van der Waals surface area contributed by atoms with E-state index in [2.05, 4.69) is 22.1 Å². The van der Waals surface area contributed by atoms with Crippen molar-refractivity contribution in [3.63, 3.8) is 0 Å². The first-order valence-corrected chi connectivity index (χ1v) is 6.57. The molecule has 1 aliphatic heterocycles. The molecule has 0 aliphatic carbocycles. The first-order chi connectivity index (χ1) is 8.19. The molecule has 0 bridgehead atoms. The average Bonchev–Trinajstić information content (AvgIpc) is 2.59. The van der Waals surface area contributed by atoms with E-state index < -0.39 is 0 Å². The molecular formula is C13H23N3O. The summed E-state index contributed by atoms with van der Waals surface area (Å²) in [4.78, 5) is 6.88. The van der Waals surface area contributed by atoms with Gasteiger partial charge in [0.25, 0.3) is 0 Å². The van der Waals surface area contributed by atoms with E-state index in [4.69, 9.17) is 4.42 Å². The highest BCUT2D eigenvalue weighted by Crippen LogP contribution is 2.13. The number of piperazine rings is 1. The zero-order valence-corrected chi connectivity index (χ0v) is 11.1. The van der Waals surface area contributed by atoms with Crippen molar-refractivity contribution in [2.24, 2.45) is 0 Å². The SMILES string of the molecule is CCCC1CN(Cc2nc(C)c(C)o2)CCN1. The fourth-order valence-corrected chi connectivity index (χ4v) is 2.38. The number of nitrogens with zero attached hydrogens (tertiary/aromatic N) is 2. The zero-order valence-electron chi connectivity index (χ0n) is 11.1. The molecule has 1 N–H and O–H groups in total. The standard InChI is InChI=1S/C13H23N3O/c1-4-5-12-8-16(7-6-14-12)9-13-15-10(2)11(3)17-13/h12,14H,4-9H2,1-3H3. The van der Waals surface area contributed by atoms with Gasteiger partial charge in [-0.3, -0.25) is 4.90 Å². The van der Waals surface area contributed by atoms with Crippen LogP contribution in [0.2, 0.25) is 0 Å². The van der Waals surface area contributed by atoms with Crippen molar-refractivity contribution < 1.29 is 4.42 Å². The van der Waals surface area contributed by atoms with E-state index >= 15 is 0 Å². The molecule has 4 heteroatoms. The molecule has 1 atom stereocenters. The van der Waals surface area contributed by atoms with Crippen LogP contribution in [0.1, 0.15) is 37.1 Å². The van der Waals surface area contributed by atoms with E-state index in [9.17, 15) is 0 Å². The molecule has 96 valence electrons. The molecule has 1 unspecified atom stereocenters. The van der Waals surface area contributed by atoms with Gasteiger partial charge in [0.15, 0.2) is 0 Å². The van der Waals surface area contributed by atoms with Crippen LogP contribution in [0, 0.1) is 13.8 Å². The highest BCUT2D eigenvalue weighted by molar-refractivity contribution is 5.05. The summed E-state index contributed by atoms with van der Waals surface area (Å²) in [5.74, 6) is 1.80. The van der Waals surface area contributed by atoms with E-state index in [1.54, 1.807) is 0 Å². The molecule has 0 amide bonds. The predicted molar refractivity (Wildman–Crippen MR) is 68.0 cm³/mol. The summed E-state index contributed by atoms with van der Waals surface area (Å²) in [5.41, 5.74) is 1.01. The Morgan fingerprint density at radius 1 is 1.47 bits per heavy atom. The Morgan fingerprint density at radius 3 is 2.94 bits per heavy atom. The van der Waals surface area contributed by atoms with Crippen molar-refractivity contribution in [3.05, 3.63) is 17.3 Å². The summed E-state index contributed by atoms with van der Waals surface area (Å²) >= 11 is 0. The average molecular weight is 237 g/mol. The molecule has 0 aromatic carbocycles. The molecule has 4 nitrogen and oxygen atoms in total. The summed E-state index contributed by atoms with van der Waals surface area (Å²) in [6, 6.07) is 0.630. The maximum absolute atomic E-state index is 5.64. The van der Waals surface area contributed by atoms with E-state index in [0.29, 0.717) is 6.04 Å². The van der Waals surface area contributed by atoms with Crippen LogP contribution in [-0.2, 0) is 6.54 Å².